The van der Waals surface area contributed by atoms with Crippen molar-refractivity contribution in [3.8, 4) is 5.75 Å². The van der Waals surface area contributed by atoms with Crippen LogP contribution in [0.4, 0.5) is 4.39 Å². The summed E-state index contributed by atoms with van der Waals surface area (Å²) < 4.78 is 19.0. The highest BCUT2D eigenvalue weighted by Gasteiger charge is 2.16. The smallest absolute Gasteiger partial charge is 0.191 e. The highest BCUT2D eigenvalue weighted by atomic mass is 19.1. The zero-order chi connectivity index (χ0) is 22.1. The van der Waals surface area contributed by atoms with Crippen molar-refractivity contribution >= 4 is 5.96 Å². The third-order valence-electron chi connectivity index (χ3n) is 5.36. The van der Waals surface area contributed by atoms with Gasteiger partial charge < -0.3 is 20.5 Å². The van der Waals surface area contributed by atoms with Crippen LogP contribution in [0.1, 0.15) is 30.9 Å². The fourth-order valence-corrected chi connectivity index (χ4v) is 3.56. The van der Waals surface area contributed by atoms with Crippen molar-refractivity contribution < 1.29 is 14.2 Å². The average Bonchev–Trinajstić information content (AvgIpc) is 2.76. The van der Waals surface area contributed by atoms with E-state index in [1.165, 1.54) is 23.3 Å². The second kappa shape index (κ2) is 11.7. The summed E-state index contributed by atoms with van der Waals surface area (Å²) >= 11 is 0. The maximum Gasteiger partial charge on any atom is 0.191 e. The first-order chi connectivity index (χ1) is 15.0. The second-order valence-electron chi connectivity index (χ2n) is 8.02. The Bertz CT molecular complexity index is 836. The Morgan fingerprint density at radius 1 is 1.16 bits per heavy atom. The molecule has 1 fully saturated rings. The summed E-state index contributed by atoms with van der Waals surface area (Å²) in [5, 5.41) is 16.2. The molecule has 1 saturated heterocycles. The van der Waals surface area contributed by atoms with E-state index in [2.05, 4.69) is 44.8 Å². The van der Waals surface area contributed by atoms with Crippen LogP contribution >= 0.6 is 0 Å². The van der Waals surface area contributed by atoms with Crippen molar-refractivity contribution in [3.05, 3.63) is 65.5 Å². The number of ether oxygens (including phenoxy) is 1. The number of guanidine groups is 1. The molecule has 0 bridgehead atoms. The molecule has 0 saturated carbocycles. The van der Waals surface area contributed by atoms with Gasteiger partial charge >= 0.3 is 0 Å². The average molecular weight is 429 g/mol. The van der Waals surface area contributed by atoms with Gasteiger partial charge in [-0.3, -0.25) is 9.89 Å². The van der Waals surface area contributed by atoms with Gasteiger partial charge in [-0.1, -0.05) is 30.3 Å². The van der Waals surface area contributed by atoms with Crippen LogP contribution in [-0.4, -0.2) is 54.9 Å². The zero-order valence-corrected chi connectivity index (χ0v) is 18.4. The van der Waals surface area contributed by atoms with E-state index in [0.717, 1.165) is 32.5 Å². The zero-order valence-electron chi connectivity index (χ0n) is 18.4. The lowest BCUT2D eigenvalue weighted by molar-refractivity contribution is 0.0792. The Morgan fingerprint density at radius 3 is 2.55 bits per heavy atom. The van der Waals surface area contributed by atoms with Crippen LogP contribution in [0.5, 0.6) is 5.75 Å². The summed E-state index contributed by atoms with van der Waals surface area (Å²) in [7, 11) is 1.73. The molecule has 1 atom stereocenters. The molecule has 0 amide bonds. The number of halogens is 1. The number of piperidine rings is 1. The topological polar surface area (TPSA) is 69.1 Å². The van der Waals surface area contributed by atoms with Gasteiger partial charge in [-0.25, -0.2) is 4.39 Å². The van der Waals surface area contributed by atoms with E-state index in [1.54, 1.807) is 19.2 Å². The molecule has 2 aromatic rings. The summed E-state index contributed by atoms with van der Waals surface area (Å²) in [6, 6.07) is 14.7. The second-order valence-corrected chi connectivity index (χ2v) is 8.02. The van der Waals surface area contributed by atoms with E-state index < -0.39 is 0 Å². The van der Waals surface area contributed by atoms with E-state index in [-0.39, 0.29) is 18.0 Å². The minimum Gasteiger partial charge on any atom is -0.489 e. The maximum atomic E-state index is 13.3. The van der Waals surface area contributed by atoms with Gasteiger partial charge in [0.05, 0.1) is 12.6 Å². The van der Waals surface area contributed by atoms with Gasteiger partial charge in [-0.05, 0) is 43.0 Å². The Kier molecular flexibility index (Phi) is 8.67. The van der Waals surface area contributed by atoms with Crippen LogP contribution in [0.3, 0.4) is 0 Å². The van der Waals surface area contributed by atoms with Gasteiger partial charge in [0.2, 0.25) is 0 Å². The fraction of sp³-hybridized carbons (Fsp3) is 0.458. The van der Waals surface area contributed by atoms with Gasteiger partial charge in [-0.15, -0.1) is 0 Å². The number of hydrogen-bond acceptors (Lipinski definition) is 4. The molecule has 1 unspecified atom stereocenters. The van der Waals surface area contributed by atoms with E-state index in [9.17, 15) is 9.50 Å². The monoisotopic (exact) mass is 428 g/mol. The Morgan fingerprint density at radius 2 is 1.87 bits per heavy atom. The van der Waals surface area contributed by atoms with Crippen molar-refractivity contribution in [3.63, 3.8) is 0 Å². The van der Waals surface area contributed by atoms with Gasteiger partial charge in [0, 0.05) is 39.3 Å². The molecule has 1 aliphatic rings. The van der Waals surface area contributed by atoms with E-state index in [4.69, 9.17) is 4.74 Å². The number of nitrogens with one attached hydrogen (secondary N) is 2. The molecule has 3 N–H and O–H groups in total. The molecular formula is C24H33FN4O2. The Balaban J connectivity index is 1.39. The molecular weight excluding hydrogens is 395 g/mol. The van der Waals surface area contributed by atoms with Crippen LogP contribution in [0.2, 0.25) is 0 Å². The number of hydrogen-bond donors (Lipinski definition) is 3. The molecule has 0 spiro atoms. The van der Waals surface area contributed by atoms with Crippen LogP contribution in [0, 0.1) is 5.82 Å². The number of aliphatic hydroxyl groups is 1. The van der Waals surface area contributed by atoms with Gasteiger partial charge in [0.1, 0.15) is 17.7 Å². The third-order valence-corrected chi connectivity index (χ3v) is 5.36. The number of rotatable bonds is 8. The van der Waals surface area contributed by atoms with E-state index >= 15 is 0 Å². The Hall–Kier alpha value is -2.64. The molecule has 7 heteroatoms. The number of aliphatic hydroxyl groups excluding tert-OH is 1. The largest absolute Gasteiger partial charge is 0.489 e. The molecule has 31 heavy (non-hydrogen) atoms. The van der Waals surface area contributed by atoms with Crippen molar-refractivity contribution in [1.82, 2.24) is 15.5 Å². The first-order valence-corrected chi connectivity index (χ1v) is 10.9. The maximum absolute atomic E-state index is 13.3. The normalized spacial score (nSPS) is 16.7. The lowest BCUT2D eigenvalue weighted by Crippen LogP contribution is -2.41. The van der Waals surface area contributed by atoms with Crippen molar-refractivity contribution in [2.24, 2.45) is 4.99 Å². The van der Waals surface area contributed by atoms with Crippen LogP contribution in [-0.2, 0) is 13.1 Å². The van der Waals surface area contributed by atoms with Crippen molar-refractivity contribution in [1.29, 1.82) is 0 Å². The molecule has 0 aromatic heterocycles. The summed E-state index contributed by atoms with van der Waals surface area (Å²) in [6.45, 7) is 5.95. The van der Waals surface area contributed by atoms with E-state index in [1.807, 2.05) is 6.92 Å². The molecule has 0 radical (unpaired) electrons. The van der Waals surface area contributed by atoms with Crippen molar-refractivity contribution in [2.45, 2.75) is 45.1 Å². The summed E-state index contributed by atoms with van der Waals surface area (Å²) in [5.74, 6) is 0.889. The minimum absolute atomic E-state index is 0.136. The molecule has 6 nitrogen and oxygen atoms in total. The predicted molar refractivity (Wildman–Crippen MR) is 122 cm³/mol. The van der Waals surface area contributed by atoms with Gasteiger partial charge in [0.15, 0.2) is 5.96 Å². The molecule has 1 aliphatic heterocycles. The van der Waals surface area contributed by atoms with Crippen LogP contribution in [0.25, 0.3) is 0 Å². The van der Waals surface area contributed by atoms with Gasteiger partial charge in [-0.2, -0.15) is 0 Å². The standard InChI is InChI=1S/C24H33FN4O2/c1-18(31-23-5-3-4-21(25)14-23)15-27-24(26-2)28-16-19-6-8-20(9-7-19)17-29-12-10-22(30)11-13-29/h3-9,14,18,22,30H,10-13,15-17H2,1-2H3,(H2,26,27,28). The van der Waals surface area contributed by atoms with Crippen molar-refractivity contribution in [2.75, 3.05) is 26.7 Å². The number of aliphatic imine (C=N–C) groups is 1. The first kappa shape index (κ1) is 23.0. The fourth-order valence-electron chi connectivity index (χ4n) is 3.56. The summed E-state index contributed by atoms with van der Waals surface area (Å²) in [4.78, 5) is 6.64. The lowest BCUT2D eigenvalue weighted by Gasteiger charge is -2.29. The quantitative estimate of drug-likeness (QED) is 0.446. The lowest BCUT2D eigenvalue weighted by atomic mass is 10.1. The highest BCUT2D eigenvalue weighted by molar-refractivity contribution is 5.79. The van der Waals surface area contributed by atoms with E-state index in [0.29, 0.717) is 24.8 Å². The molecule has 3 rings (SSSR count). The molecule has 0 aliphatic carbocycles. The Labute approximate surface area is 184 Å². The molecule has 1 heterocycles. The summed E-state index contributed by atoms with van der Waals surface area (Å²) in [6.07, 6.45) is 1.44. The SMILES string of the molecule is CN=C(NCc1ccc(CN2CCC(O)CC2)cc1)NCC(C)Oc1cccc(F)c1. The molecule has 2 aromatic carbocycles. The number of benzene rings is 2. The predicted octanol–water partition coefficient (Wildman–Crippen LogP) is 2.91. The minimum atomic E-state index is -0.309. The van der Waals surface area contributed by atoms with Crippen LogP contribution in [0.15, 0.2) is 53.5 Å². The molecule has 168 valence electrons. The highest BCUT2D eigenvalue weighted by Crippen LogP contribution is 2.15. The number of nitrogens with zero attached hydrogens (tertiary/aromatic N) is 2. The third kappa shape index (κ3) is 7.84. The van der Waals surface area contributed by atoms with Crippen LogP contribution < -0.4 is 15.4 Å². The number of likely N-dealkylation sites (tertiary alicyclic amines) is 1. The van der Waals surface area contributed by atoms with Gasteiger partial charge in [0.25, 0.3) is 0 Å². The first-order valence-electron chi connectivity index (χ1n) is 10.9. The summed E-state index contributed by atoms with van der Waals surface area (Å²) in [5.41, 5.74) is 2.45.